The van der Waals surface area contributed by atoms with Crippen molar-refractivity contribution in [1.82, 2.24) is 10.3 Å². The van der Waals surface area contributed by atoms with E-state index in [4.69, 9.17) is 4.98 Å². The van der Waals surface area contributed by atoms with E-state index in [1.54, 1.807) is 11.3 Å². The standard InChI is InChI=1S/C17H24N2S/c1-5-15(13-9-7-6-8-10-13)18-11-14-12-20-16(19-14)17(2,3)4/h6-10,12,15,18H,5,11H2,1-4H3. The highest BCUT2D eigenvalue weighted by atomic mass is 32.1. The van der Waals surface area contributed by atoms with Gasteiger partial charge in [-0.05, 0) is 12.0 Å². The number of rotatable bonds is 5. The minimum atomic E-state index is 0.145. The second kappa shape index (κ2) is 6.51. The zero-order valence-electron chi connectivity index (χ0n) is 12.8. The average molecular weight is 288 g/mol. The fourth-order valence-electron chi connectivity index (χ4n) is 2.14. The number of nitrogens with zero attached hydrogens (tertiary/aromatic N) is 1. The van der Waals surface area contributed by atoms with Gasteiger partial charge in [-0.3, -0.25) is 0 Å². The molecular formula is C17H24N2S. The highest BCUT2D eigenvalue weighted by molar-refractivity contribution is 7.09. The maximum atomic E-state index is 4.74. The summed E-state index contributed by atoms with van der Waals surface area (Å²) in [7, 11) is 0. The van der Waals surface area contributed by atoms with Gasteiger partial charge in [0.2, 0.25) is 0 Å². The van der Waals surface area contributed by atoms with E-state index in [1.807, 2.05) is 0 Å². The third-order valence-corrected chi connectivity index (χ3v) is 4.65. The summed E-state index contributed by atoms with van der Waals surface area (Å²) in [5, 5.41) is 6.99. The molecule has 20 heavy (non-hydrogen) atoms. The van der Waals surface area contributed by atoms with Crippen LogP contribution in [0.2, 0.25) is 0 Å². The van der Waals surface area contributed by atoms with E-state index in [-0.39, 0.29) is 5.41 Å². The molecule has 1 N–H and O–H groups in total. The Morgan fingerprint density at radius 3 is 2.45 bits per heavy atom. The van der Waals surface area contributed by atoms with Gasteiger partial charge < -0.3 is 5.32 Å². The number of nitrogens with one attached hydrogen (secondary N) is 1. The molecule has 0 saturated heterocycles. The van der Waals surface area contributed by atoms with Crippen molar-refractivity contribution >= 4 is 11.3 Å². The molecule has 2 nitrogen and oxygen atoms in total. The second-order valence-electron chi connectivity index (χ2n) is 6.15. The van der Waals surface area contributed by atoms with Crippen LogP contribution in [-0.2, 0) is 12.0 Å². The van der Waals surface area contributed by atoms with Gasteiger partial charge in [0, 0.05) is 23.4 Å². The average Bonchev–Trinajstić information content (AvgIpc) is 2.89. The lowest BCUT2D eigenvalue weighted by molar-refractivity contribution is 0.512. The Balaban J connectivity index is 1.99. The highest BCUT2D eigenvalue weighted by Gasteiger charge is 2.18. The molecule has 0 aliphatic rings. The largest absolute Gasteiger partial charge is 0.304 e. The predicted molar refractivity (Wildman–Crippen MR) is 87.1 cm³/mol. The summed E-state index contributed by atoms with van der Waals surface area (Å²) in [6.45, 7) is 9.68. The Bertz CT molecular complexity index is 525. The van der Waals surface area contributed by atoms with Crippen molar-refractivity contribution in [2.75, 3.05) is 0 Å². The fraction of sp³-hybridized carbons (Fsp3) is 0.471. The Hall–Kier alpha value is -1.19. The summed E-state index contributed by atoms with van der Waals surface area (Å²) < 4.78 is 0. The smallest absolute Gasteiger partial charge is 0.0982 e. The Labute approximate surface area is 126 Å². The van der Waals surface area contributed by atoms with Crippen LogP contribution in [0.3, 0.4) is 0 Å². The van der Waals surface area contributed by atoms with E-state index in [1.165, 1.54) is 10.6 Å². The van der Waals surface area contributed by atoms with Gasteiger partial charge in [-0.1, -0.05) is 58.0 Å². The van der Waals surface area contributed by atoms with Crippen LogP contribution in [0.1, 0.15) is 56.4 Å². The van der Waals surface area contributed by atoms with Crippen molar-refractivity contribution in [2.24, 2.45) is 0 Å². The molecule has 108 valence electrons. The zero-order valence-corrected chi connectivity index (χ0v) is 13.6. The summed E-state index contributed by atoms with van der Waals surface area (Å²) in [6.07, 6.45) is 1.08. The van der Waals surface area contributed by atoms with Crippen LogP contribution in [-0.4, -0.2) is 4.98 Å². The van der Waals surface area contributed by atoms with Gasteiger partial charge in [0.1, 0.15) is 0 Å². The first kappa shape index (κ1) is 15.2. The molecule has 0 aliphatic carbocycles. The van der Waals surface area contributed by atoms with Crippen LogP contribution in [0, 0.1) is 0 Å². The van der Waals surface area contributed by atoms with Crippen molar-refractivity contribution in [3.8, 4) is 0 Å². The monoisotopic (exact) mass is 288 g/mol. The van der Waals surface area contributed by atoms with E-state index in [0.717, 1.165) is 18.7 Å². The highest BCUT2D eigenvalue weighted by Crippen LogP contribution is 2.26. The fourth-order valence-corrected chi connectivity index (χ4v) is 3.05. The molecule has 1 heterocycles. The molecular weight excluding hydrogens is 264 g/mol. The van der Waals surface area contributed by atoms with Crippen LogP contribution in [0.4, 0.5) is 0 Å². The van der Waals surface area contributed by atoms with Crippen molar-refractivity contribution in [2.45, 2.75) is 52.1 Å². The van der Waals surface area contributed by atoms with Gasteiger partial charge >= 0.3 is 0 Å². The quantitative estimate of drug-likeness (QED) is 0.864. The lowest BCUT2D eigenvalue weighted by atomic mass is 9.98. The maximum absolute atomic E-state index is 4.74. The van der Waals surface area contributed by atoms with E-state index >= 15 is 0 Å². The topological polar surface area (TPSA) is 24.9 Å². The first-order valence-electron chi connectivity index (χ1n) is 7.24. The van der Waals surface area contributed by atoms with E-state index < -0.39 is 0 Å². The number of hydrogen-bond donors (Lipinski definition) is 1. The molecule has 0 fully saturated rings. The van der Waals surface area contributed by atoms with Gasteiger partial charge in [-0.2, -0.15) is 0 Å². The van der Waals surface area contributed by atoms with Crippen molar-refractivity contribution in [3.63, 3.8) is 0 Å². The summed E-state index contributed by atoms with van der Waals surface area (Å²) >= 11 is 1.76. The molecule has 1 atom stereocenters. The summed E-state index contributed by atoms with van der Waals surface area (Å²) in [5.41, 5.74) is 2.64. The molecule has 1 aromatic heterocycles. The van der Waals surface area contributed by atoms with Crippen molar-refractivity contribution in [3.05, 3.63) is 52.0 Å². The Morgan fingerprint density at radius 2 is 1.90 bits per heavy atom. The van der Waals surface area contributed by atoms with Gasteiger partial charge in [0.15, 0.2) is 0 Å². The molecule has 0 radical (unpaired) electrons. The first-order valence-corrected chi connectivity index (χ1v) is 8.12. The summed E-state index contributed by atoms with van der Waals surface area (Å²) in [4.78, 5) is 4.74. The van der Waals surface area contributed by atoms with Gasteiger partial charge in [0.25, 0.3) is 0 Å². The Kier molecular flexibility index (Phi) is 4.95. The molecule has 1 aromatic carbocycles. The first-order chi connectivity index (χ1) is 9.50. The van der Waals surface area contributed by atoms with Crippen LogP contribution in [0.5, 0.6) is 0 Å². The number of thiazole rings is 1. The van der Waals surface area contributed by atoms with E-state index in [9.17, 15) is 0 Å². The molecule has 1 unspecified atom stereocenters. The number of hydrogen-bond acceptors (Lipinski definition) is 3. The zero-order chi connectivity index (χ0) is 14.6. The van der Waals surface area contributed by atoms with E-state index in [2.05, 4.69) is 68.7 Å². The van der Waals surface area contributed by atoms with Crippen molar-refractivity contribution < 1.29 is 0 Å². The van der Waals surface area contributed by atoms with Crippen LogP contribution < -0.4 is 5.32 Å². The molecule has 2 rings (SSSR count). The number of aromatic nitrogens is 1. The van der Waals surface area contributed by atoms with Crippen molar-refractivity contribution in [1.29, 1.82) is 0 Å². The van der Waals surface area contributed by atoms with Gasteiger partial charge in [-0.25, -0.2) is 4.98 Å². The lowest BCUT2D eigenvalue weighted by Gasteiger charge is -2.17. The molecule has 0 saturated carbocycles. The van der Waals surface area contributed by atoms with Crippen LogP contribution >= 0.6 is 11.3 Å². The second-order valence-corrected chi connectivity index (χ2v) is 7.00. The minimum absolute atomic E-state index is 0.145. The molecule has 2 aromatic rings. The van der Waals surface area contributed by atoms with Gasteiger partial charge in [0.05, 0.1) is 10.7 Å². The maximum Gasteiger partial charge on any atom is 0.0982 e. The normalized spacial score (nSPS) is 13.4. The Morgan fingerprint density at radius 1 is 1.20 bits per heavy atom. The lowest BCUT2D eigenvalue weighted by Crippen LogP contribution is -2.20. The molecule has 0 amide bonds. The van der Waals surface area contributed by atoms with Crippen LogP contribution in [0.15, 0.2) is 35.7 Å². The van der Waals surface area contributed by atoms with E-state index in [0.29, 0.717) is 6.04 Å². The van der Waals surface area contributed by atoms with Gasteiger partial charge in [-0.15, -0.1) is 11.3 Å². The third kappa shape index (κ3) is 3.90. The predicted octanol–water partition coefficient (Wildman–Crippen LogP) is 4.68. The molecule has 0 bridgehead atoms. The SMILES string of the molecule is CCC(NCc1csc(C(C)(C)C)n1)c1ccccc1. The molecule has 0 aliphatic heterocycles. The molecule has 3 heteroatoms. The molecule has 0 spiro atoms. The van der Waals surface area contributed by atoms with Crippen LogP contribution in [0.25, 0.3) is 0 Å². The number of benzene rings is 1. The third-order valence-electron chi connectivity index (χ3n) is 3.33. The summed E-state index contributed by atoms with van der Waals surface area (Å²) in [5.74, 6) is 0. The summed E-state index contributed by atoms with van der Waals surface area (Å²) in [6, 6.07) is 11.0. The minimum Gasteiger partial charge on any atom is -0.304 e.